The number of hydrogen-bond donors (Lipinski definition) is 0. The molecule has 2 heterocycles. The van der Waals surface area contributed by atoms with Crippen molar-refractivity contribution in [3.05, 3.63) is 11.2 Å². The molecular weight excluding hydrogens is 252 g/mol. The molecule has 0 atom stereocenters. The summed E-state index contributed by atoms with van der Waals surface area (Å²) >= 11 is 3.27. The Kier molecular flexibility index (Phi) is 4.17. The van der Waals surface area contributed by atoms with Crippen molar-refractivity contribution in [3.8, 4) is 10.7 Å². The van der Waals surface area contributed by atoms with Crippen LogP contribution >= 0.6 is 23.1 Å². The highest BCUT2D eigenvalue weighted by molar-refractivity contribution is 7.98. The van der Waals surface area contributed by atoms with E-state index in [1.54, 1.807) is 23.1 Å². The van der Waals surface area contributed by atoms with E-state index in [1.807, 2.05) is 18.7 Å². The molecule has 0 aliphatic carbocycles. The van der Waals surface area contributed by atoms with E-state index in [0.29, 0.717) is 0 Å². The molecule has 0 fully saturated rings. The number of aromatic nitrogens is 4. The Hall–Kier alpha value is -0.880. The Morgan fingerprint density at radius 2 is 2.24 bits per heavy atom. The molecular formula is C11H16N4S2. The normalized spacial score (nSPS) is 11.0. The monoisotopic (exact) mass is 268 g/mol. The van der Waals surface area contributed by atoms with Crippen molar-refractivity contribution in [2.24, 2.45) is 0 Å². The number of thiazole rings is 1. The number of aryl methyl sites for hydroxylation is 1. The summed E-state index contributed by atoms with van der Waals surface area (Å²) in [6.45, 7) is 5.19. The van der Waals surface area contributed by atoms with Crippen LogP contribution in [0.4, 0.5) is 0 Å². The molecule has 0 N–H and O–H groups in total. The first-order valence-corrected chi connectivity index (χ1v) is 7.76. The molecule has 4 nitrogen and oxygen atoms in total. The molecule has 2 aromatic heterocycles. The van der Waals surface area contributed by atoms with Crippen LogP contribution in [-0.4, -0.2) is 26.0 Å². The van der Waals surface area contributed by atoms with E-state index >= 15 is 0 Å². The molecule has 0 aromatic carbocycles. The molecule has 17 heavy (non-hydrogen) atoms. The van der Waals surface area contributed by atoms with Gasteiger partial charge in [0.2, 0.25) is 0 Å². The zero-order valence-electron chi connectivity index (χ0n) is 10.3. The van der Waals surface area contributed by atoms with E-state index in [1.165, 1.54) is 6.42 Å². The van der Waals surface area contributed by atoms with E-state index in [0.717, 1.165) is 34.5 Å². The zero-order valence-corrected chi connectivity index (χ0v) is 11.9. The zero-order chi connectivity index (χ0) is 12.3. The predicted octanol–water partition coefficient (Wildman–Crippen LogP) is 3.23. The highest BCUT2D eigenvalue weighted by Crippen LogP contribution is 2.28. The maximum atomic E-state index is 4.31. The van der Waals surface area contributed by atoms with Crippen LogP contribution in [0.15, 0.2) is 10.7 Å². The Morgan fingerprint density at radius 1 is 1.41 bits per heavy atom. The van der Waals surface area contributed by atoms with Crippen molar-refractivity contribution >= 4 is 23.1 Å². The third-order valence-corrected chi connectivity index (χ3v) is 4.17. The lowest BCUT2D eigenvalue weighted by atomic mass is 10.3. The van der Waals surface area contributed by atoms with Crippen LogP contribution in [0.2, 0.25) is 0 Å². The fraction of sp³-hybridized carbons (Fsp3) is 0.545. The molecule has 0 aliphatic heterocycles. The van der Waals surface area contributed by atoms with Crippen LogP contribution in [-0.2, 0) is 6.54 Å². The second-order valence-corrected chi connectivity index (χ2v) is 5.41. The average molecular weight is 268 g/mol. The van der Waals surface area contributed by atoms with Crippen LogP contribution in [0, 0.1) is 6.92 Å². The maximum absolute atomic E-state index is 4.31. The molecule has 0 radical (unpaired) electrons. The lowest BCUT2D eigenvalue weighted by Crippen LogP contribution is -2.02. The van der Waals surface area contributed by atoms with Crippen molar-refractivity contribution in [2.75, 3.05) is 6.26 Å². The minimum Gasteiger partial charge on any atom is -0.301 e. The minimum atomic E-state index is 0.961. The van der Waals surface area contributed by atoms with E-state index in [2.05, 4.69) is 26.7 Å². The van der Waals surface area contributed by atoms with Gasteiger partial charge in [-0.3, -0.25) is 0 Å². The Bertz CT molecular complexity index is 489. The number of rotatable bonds is 5. The maximum Gasteiger partial charge on any atom is 0.191 e. The highest BCUT2D eigenvalue weighted by atomic mass is 32.2. The van der Waals surface area contributed by atoms with Gasteiger partial charge in [-0.1, -0.05) is 25.1 Å². The summed E-state index contributed by atoms with van der Waals surface area (Å²) in [4.78, 5) is 5.41. The van der Waals surface area contributed by atoms with Gasteiger partial charge in [0.05, 0.1) is 16.1 Å². The SMILES string of the molecule is CCCCn1c(SC)nnc1-c1scnc1C. The summed E-state index contributed by atoms with van der Waals surface area (Å²) in [5.74, 6) is 0.961. The molecule has 92 valence electrons. The van der Waals surface area contributed by atoms with Gasteiger partial charge in [-0.25, -0.2) is 4.98 Å². The van der Waals surface area contributed by atoms with Gasteiger partial charge >= 0.3 is 0 Å². The summed E-state index contributed by atoms with van der Waals surface area (Å²) in [7, 11) is 0. The van der Waals surface area contributed by atoms with Crippen LogP contribution in [0.5, 0.6) is 0 Å². The topological polar surface area (TPSA) is 43.6 Å². The summed E-state index contributed by atoms with van der Waals surface area (Å²) in [5.41, 5.74) is 2.90. The van der Waals surface area contributed by atoms with E-state index < -0.39 is 0 Å². The fourth-order valence-corrected chi connectivity index (χ4v) is 2.96. The second kappa shape index (κ2) is 5.64. The third kappa shape index (κ3) is 2.52. The highest BCUT2D eigenvalue weighted by Gasteiger charge is 2.16. The lowest BCUT2D eigenvalue weighted by molar-refractivity contribution is 0.592. The van der Waals surface area contributed by atoms with E-state index in [9.17, 15) is 0 Å². The summed E-state index contributed by atoms with van der Waals surface area (Å²) < 4.78 is 2.20. The number of hydrogen-bond acceptors (Lipinski definition) is 5. The molecule has 0 aliphatic rings. The van der Waals surface area contributed by atoms with Crippen molar-refractivity contribution in [1.82, 2.24) is 19.7 Å². The van der Waals surface area contributed by atoms with Gasteiger partial charge in [0.25, 0.3) is 0 Å². The number of unbranched alkanes of at least 4 members (excludes halogenated alkanes) is 1. The van der Waals surface area contributed by atoms with Crippen molar-refractivity contribution in [3.63, 3.8) is 0 Å². The third-order valence-electron chi connectivity index (χ3n) is 2.58. The molecule has 2 rings (SSSR count). The van der Waals surface area contributed by atoms with Crippen LogP contribution < -0.4 is 0 Å². The van der Waals surface area contributed by atoms with Crippen LogP contribution in [0.1, 0.15) is 25.5 Å². The fourth-order valence-electron chi connectivity index (χ4n) is 1.64. The smallest absolute Gasteiger partial charge is 0.191 e. The Labute approximate surface area is 109 Å². The van der Waals surface area contributed by atoms with Gasteiger partial charge in [0.1, 0.15) is 0 Å². The van der Waals surface area contributed by atoms with Gasteiger partial charge in [0.15, 0.2) is 11.0 Å². The first-order chi connectivity index (χ1) is 8.27. The molecule has 0 unspecified atom stereocenters. The molecule has 0 saturated carbocycles. The van der Waals surface area contributed by atoms with E-state index in [-0.39, 0.29) is 0 Å². The van der Waals surface area contributed by atoms with Gasteiger partial charge in [-0.2, -0.15) is 0 Å². The quantitative estimate of drug-likeness (QED) is 0.781. The van der Waals surface area contributed by atoms with Gasteiger partial charge in [-0.05, 0) is 19.6 Å². The summed E-state index contributed by atoms with van der Waals surface area (Å²) in [6, 6.07) is 0. The van der Waals surface area contributed by atoms with Crippen molar-refractivity contribution in [1.29, 1.82) is 0 Å². The van der Waals surface area contributed by atoms with E-state index in [4.69, 9.17) is 0 Å². The predicted molar refractivity (Wildman–Crippen MR) is 72.6 cm³/mol. The van der Waals surface area contributed by atoms with Gasteiger partial charge in [0, 0.05) is 6.54 Å². The summed E-state index contributed by atoms with van der Waals surface area (Å²) in [5, 5.41) is 9.53. The molecule has 2 aromatic rings. The molecule has 0 amide bonds. The molecule has 0 spiro atoms. The largest absolute Gasteiger partial charge is 0.301 e. The Morgan fingerprint density at radius 3 is 2.82 bits per heavy atom. The van der Waals surface area contributed by atoms with Gasteiger partial charge < -0.3 is 4.57 Å². The van der Waals surface area contributed by atoms with Crippen molar-refractivity contribution < 1.29 is 0 Å². The standard InChI is InChI=1S/C11H16N4S2/c1-4-5-6-15-10(13-14-11(15)16-3)9-8(2)12-7-17-9/h7H,4-6H2,1-3H3. The first-order valence-electron chi connectivity index (χ1n) is 5.65. The van der Waals surface area contributed by atoms with Crippen molar-refractivity contribution in [2.45, 2.75) is 38.4 Å². The van der Waals surface area contributed by atoms with Crippen LogP contribution in [0.3, 0.4) is 0 Å². The Balaban J connectivity index is 2.40. The van der Waals surface area contributed by atoms with Gasteiger partial charge in [-0.15, -0.1) is 21.5 Å². The second-order valence-electron chi connectivity index (χ2n) is 3.78. The molecule has 6 heteroatoms. The first kappa shape index (κ1) is 12.6. The molecule has 0 bridgehead atoms. The number of thioether (sulfide) groups is 1. The average Bonchev–Trinajstić information content (AvgIpc) is 2.91. The lowest BCUT2D eigenvalue weighted by Gasteiger charge is -2.07. The summed E-state index contributed by atoms with van der Waals surface area (Å²) in [6.07, 6.45) is 4.36. The molecule has 0 saturated heterocycles. The van der Waals surface area contributed by atoms with Crippen LogP contribution in [0.25, 0.3) is 10.7 Å². The number of nitrogens with zero attached hydrogens (tertiary/aromatic N) is 4. The minimum absolute atomic E-state index is 0.961.